The first-order chi connectivity index (χ1) is 9.19. The lowest BCUT2D eigenvalue weighted by molar-refractivity contribution is -0.111. The molecule has 0 spiro atoms. The maximum Gasteiger partial charge on any atom is 0.247 e. The number of benzene rings is 1. The zero-order chi connectivity index (χ0) is 13.7. The Bertz CT molecular complexity index is 600. The van der Waals surface area contributed by atoms with Crippen molar-refractivity contribution in [3.05, 3.63) is 61.0 Å². The van der Waals surface area contributed by atoms with E-state index in [1.165, 1.54) is 12.3 Å². The Balaban J connectivity index is 2.07. The van der Waals surface area contributed by atoms with Crippen LogP contribution in [0.1, 0.15) is 0 Å². The molecule has 19 heavy (non-hydrogen) atoms. The Morgan fingerprint density at radius 1 is 1.47 bits per heavy atom. The zero-order valence-electron chi connectivity index (χ0n) is 10.2. The third kappa shape index (κ3) is 3.32. The Labute approximate surface area is 110 Å². The largest absolute Gasteiger partial charge is 0.464 e. The molecule has 0 unspecified atom stereocenters. The Kier molecular flexibility index (Phi) is 3.78. The molecule has 1 heterocycles. The fraction of sp³-hybridized carbons (Fsp3) is 0. The molecule has 1 aliphatic rings. The molecule has 2 rings (SSSR count). The van der Waals surface area contributed by atoms with E-state index < -0.39 is 0 Å². The lowest BCUT2D eigenvalue weighted by Gasteiger charge is -2.05. The van der Waals surface area contributed by atoms with Gasteiger partial charge in [-0.05, 0) is 24.3 Å². The van der Waals surface area contributed by atoms with Crippen molar-refractivity contribution in [1.82, 2.24) is 0 Å². The van der Waals surface area contributed by atoms with Crippen molar-refractivity contribution in [1.29, 1.82) is 0 Å². The molecule has 0 aliphatic carbocycles. The van der Waals surface area contributed by atoms with E-state index in [1.807, 2.05) is 0 Å². The van der Waals surface area contributed by atoms with E-state index in [9.17, 15) is 4.79 Å². The third-order valence-corrected chi connectivity index (χ3v) is 2.37. The van der Waals surface area contributed by atoms with E-state index in [0.29, 0.717) is 22.8 Å². The van der Waals surface area contributed by atoms with Gasteiger partial charge in [-0.2, -0.15) is 0 Å². The number of hydrogen-bond acceptors (Lipinski definition) is 4. The number of hydrogen-bond donors (Lipinski definition) is 2. The molecule has 1 aromatic carbocycles. The Morgan fingerprint density at radius 2 is 2.32 bits per heavy atom. The molecule has 5 nitrogen and oxygen atoms in total. The van der Waals surface area contributed by atoms with Crippen LogP contribution in [0.2, 0.25) is 0 Å². The van der Waals surface area contributed by atoms with Crippen molar-refractivity contribution < 1.29 is 9.53 Å². The van der Waals surface area contributed by atoms with Crippen molar-refractivity contribution in [2.45, 2.75) is 0 Å². The smallest absolute Gasteiger partial charge is 0.247 e. The molecule has 5 heteroatoms. The number of ether oxygens (including phenoxy) is 1. The van der Waals surface area contributed by atoms with Gasteiger partial charge in [-0.15, -0.1) is 0 Å². The van der Waals surface area contributed by atoms with Crippen LogP contribution in [-0.2, 0) is 4.79 Å². The zero-order valence-corrected chi connectivity index (χ0v) is 10.2. The molecule has 96 valence electrons. The minimum atomic E-state index is -0.273. The number of rotatable bonds is 4. The van der Waals surface area contributed by atoms with Crippen LogP contribution in [0.25, 0.3) is 0 Å². The summed E-state index contributed by atoms with van der Waals surface area (Å²) in [6.07, 6.45) is 6.07. The first-order valence-corrected chi connectivity index (χ1v) is 5.59. The average Bonchev–Trinajstić information content (AvgIpc) is 2.82. The van der Waals surface area contributed by atoms with E-state index >= 15 is 0 Å². The molecule has 0 saturated carbocycles. The van der Waals surface area contributed by atoms with Crippen LogP contribution in [-0.4, -0.2) is 11.7 Å². The first kappa shape index (κ1) is 12.6. The number of amides is 1. The van der Waals surface area contributed by atoms with Gasteiger partial charge in [-0.25, -0.2) is 4.99 Å². The molecule has 0 bridgehead atoms. The number of nitrogens with two attached hydrogens (primary N) is 1. The molecule has 1 aromatic rings. The van der Waals surface area contributed by atoms with Gasteiger partial charge in [-0.3, -0.25) is 4.79 Å². The van der Waals surface area contributed by atoms with Gasteiger partial charge >= 0.3 is 0 Å². The van der Waals surface area contributed by atoms with Gasteiger partial charge in [0, 0.05) is 18.0 Å². The SMILES string of the molecule is C=CC(=O)Nc1cccc(O/C=C2\C=CN=C2N)c1. The van der Waals surface area contributed by atoms with E-state index in [4.69, 9.17) is 10.5 Å². The number of anilines is 1. The first-order valence-electron chi connectivity index (χ1n) is 5.59. The Hall–Kier alpha value is -2.82. The van der Waals surface area contributed by atoms with Crippen LogP contribution in [0.4, 0.5) is 5.69 Å². The highest BCUT2D eigenvalue weighted by Gasteiger charge is 2.04. The van der Waals surface area contributed by atoms with Gasteiger partial charge in [0.05, 0.1) is 5.57 Å². The molecule has 0 aromatic heterocycles. The summed E-state index contributed by atoms with van der Waals surface area (Å²) in [5, 5.41) is 2.65. The normalized spacial score (nSPS) is 15.2. The van der Waals surface area contributed by atoms with Crippen LogP contribution < -0.4 is 15.8 Å². The summed E-state index contributed by atoms with van der Waals surface area (Å²) >= 11 is 0. The molecule has 3 N–H and O–H groups in total. The number of nitrogens with zero attached hydrogens (tertiary/aromatic N) is 1. The van der Waals surface area contributed by atoms with Crippen molar-refractivity contribution in [3.63, 3.8) is 0 Å². The molecule has 0 atom stereocenters. The summed E-state index contributed by atoms with van der Waals surface area (Å²) in [5.41, 5.74) is 6.97. The molecular weight excluding hydrogens is 242 g/mol. The highest BCUT2D eigenvalue weighted by atomic mass is 16.5. The number of amidine groups is 1. The second-order valence-electron chi connectivity index (χ2n) is 3.74. The fourth-order valence-electron chi connectivity index (χ4n) is 1.43. The van der Waals surface area contributed by atoms with Gasteiger partial charge in [0.1, 0.15) is 17.8 Å². The maximum atomic E-state index is 11.2. The summed E-state index contributed by atoms with van der Waals surface area (Å²) in [6, 6.07) is 7.00. The van der Waals surface area contributed by atoms with Crippen molar-refractivity contribution in [2.24, 2.45) is 10.7 Å². The van der Waals surface area contributed by atoms with Gasteiger partial charge in [0.25, 0.3) is 0 Å². The predicted molar refractivity (Wildman–Crippen MR) is 74.7 cm³/mol. The van der Waals surface area contributed by atoms with E-state index in [2.05, 4.69) is 16.9 Å². The van der Waals surface area contributed by atoms with Crippen LogP contribution in [0.15, 0.2) is 66.0 Å². The standard InChI is InChI=1S/C14H13N3O2/c1-2-13(18)17-11-4-3-5-12(8-11)19-9-10-6-7-16-14(10)15/h2-9H,1H2,(H2,15,16)(H,17,18)/b10-9+. The van der Waals surface area contributed by atoms with Crippen LogP contribution >= 0.6 is 0 Å². The highest BCUT2D eigenvalue weighted by Crippen LogP contribution is 2.18. The van der Waals surface area contributed by atoms with Gasteiger partial charge in [0.2, 0.25) is 5.91 Å². The van der Waals surface area contributed by atoms with Gasteiger partial charge in [-0.1, -0.05) is 12.6 Å². The molecular formula is C14H13N3O2. The van der Waals surface area contributed by atoms with E-state index in [0.717, 1.165) is 0 Å². The van der Waals surface area contributed by atoms with Crippen LogP contribution in [0, 0.1) is 0 Å². The van der Waals surface area contributed by atoms with E-state index in [-0.39, 0.29) is 5.91 Å². The molecule has 0 saturated heterocycles. The number of carbonyl (C=O) groups excluding carboxylic acids is 1. The predicted octanol–water partition coefficient (Wildman–Crippen LogP) is 1.96. The van der Waals surface area contributed by atoms with Crippen LogP contribution in [0.5, 0.6) is 5.75 Å². The summed E-state index contributed by atoms with van der Waals surface area (Å²) in [6.45, 7) is 3.39. The minimum absolute atomic E-state index is 0.273. The van der Waals surface area contributed by atoms with Gasteiger partial charge < -0.3 is 15.8 Å². The van der Waals surface area contributed by atoms with Crippen molar-refractivity contribution in [2.75, 3.05) is 5.32 Å². The average molecular weight is 255 g/mol. The minimum Gasteiger partial charge on any atom is -0.464 e. The van der Waals surface area contributed by atoms with E-state index in [1.54, 1.807) is 36.5 Å². The fourth-order valence-corrected chi connectivity index (χ4v) is 1.43. The monoisotopic (exact) mass is 255 g/mol. The molecule has 0 radical (unpaired) electrons. The number of carbonyl (C=O) groups is 1. The molecule has 0 fully saturated rings. The molecule has 1 amide bonds. The summed E-state index contributed by atoms with van der Waals surface area (Å²) in [4.78, 5) is 15.1. The van der Waals surface area contributed by atoms with Gasteiger partial charge in [0.15, 0.2) is 0 Å². The lowest BCUT2D eigenvalue weighted by Crippen LogP contribution is -2.11. The topological polar surface area (TPSA) is 76.7 Å². The highest BCUT2D eigenvalue weighted by molar-refractivity contribution is 6.01. The Morgan fingerprint density at radius 3 is 3.00 bits per heavy atom. The number of nitrogens with one attached hydrogen (secondary N) is 1. The summed E-state index contributed by atoms with van der Waals surface area (Å²) in [5.74, 6) is 0.726. The summed E-state index contributed by atoms with van der Waals surface area (Å²) in [7, 11) is 0. The quantitative estimate of drug-likeness (QED) is 0.637. The van der Waals surface area contributed by atoms with Crippen molar-refractivity contribution >= 4 is 17.4 Å². The molecule has 1 aliphatic heterocycles. The second-order valence-corrected chi connectivity index (χ2v) is 3.74. The second kappa shape index (κ2) is 5.68. The summed E-state index contributed by atoms with van der Waals surface area (Å²) < 4.78 is 5.46. The number of aliphatic imine (C=N–C) groups is 1. The lowest BCUT2D eigenvalue weighted by atomic mass is 10.3. The third-order valence-electron chi connectivity index (χ3n) is 2.37. The van der Waals surface area contributed by atoms with Crippen molar-refractivity contribution in [3.8, 4) is 5.75 Å². The van der Waals surface area contributed by atoms with Crippen LogP contribution in [0.3, 0.4) is 0 Å². The maximum absolute atomic E-state index is 11.2.